The molecule has 0 fully saturated rings. The smallest absolute Gasteiger partial charge is 0.333 e. The molecule has 1 unspecified atom stereocenters. The number of nitro benzene ring substituents is 1. The third-order valence-corrected chi connectivity index (χ3v) is 2.45. The van der Waals surface area contributed by atoms with Crippen molar-refractivity contribution < 1.29 is 14.5 Å². The highest BCUT2D eigenvalue weighted by Crippen LogP contribution is 2.30. The first-order valence-corrected chi connectivity index (χ1v) is 5.57. The third-order valence-electron chi connectivity index (χ3n) is 2.45. The summed E-state index contributed by atoms with van der Waals surface area (Å²) in [6.45, 7) is 6.82. The van der Waals surface area contributed by atoms with Gasteiger partial charge in [0.25, 0.3) is 5.69 Å². The average molecular weight is 249 g/mol. The van der Waals surface area contributed by atoms with Crippen LogP contribution in [0.4, 0.5) is 5.69 Å². The number of benzene rings is 1. The van der Waals surface area contributed by atoms with E-state index >= 15 is 0 Å². The van der Waals surface area contributed by atoms with Crippen LogP contribution in [0.15, 0.2) is 36.4 Å². The molecule has 5 heteroatoms. The van der Waals surface area contributed by atoms with Gasteiger partial charge in [0.2, 0.25) is 0 Å². The van der Waals surface area contributed by atoms with Crippen molar-refractivity contribution in [1.29, 1.82) is 0 Å². The zero-order valence-corrected chi connectivity index (χ0v) is 10.4. The van der Waals surface area contributed by atoms with Crippen LogP contribution in [0.5, 0.6) is 0 Å². The molecule has 0 aromatic heterocycles. The van der Waals surface area contributed by atoms with Crippen LogP contribution in [0.25, 0.3) is 0 Å². The number of hydrogen-bond acceptors (Lipinski definition) is 4. The van der Waals surface area contributed by atoms with E-state index in [1.54, 1.807) is 25.1 Å². The number of para-hydroxylation sites is 1. The van der Waals surface area contributed by atoms with Crippen molar-refractivity contribution in [2.45, 2.75) is 26.4 Å². The van der Waals surface area contributed by atoms with Crippen LogP contribution in [-0.2, 0) is 9.53 Å². The molecular weight excluding hydrogens is 234 g/mol. The van der Waals surface area contributed by atoms with Gasteiger partial charge >= 0.3 is 5.97 Å². The van der Waals surface area contributed by atoms with Gasteiger partial charge in [0.05, 0.1) is 10.5 Å². The van der Waals surface area contributed by atoms with Crippen molar-refractivity contribution in [3.8, 4) is 0 Å². The van der Waals surface area contributed by atoms with E-state index in [-0.39, 0.29) is 11.3 Å². The average Bonchev–Trinajstić information content (AvgIpc) is 2.35. The van der Waals surface area contributed by atoms with Crippen LogP contribution in [0.1, 0.15) is 31.9 Å². The largest absolute Gasteiger partial charge is 0.454 e. The molecular formula is C13H15NO4. The molecule has 1 rings (SSSR count). The lowest BCUT2D eigenvalue weighted by Crippen LogP contribution is -2.12. The zero-order valence-electron chi connectivity index (χ0n) is 10.4. The van der Waals surface area contributed by atoms with Crippen molar-refractivity contribution >= 4 is 11.7 Å². The van der Waals surface area contributed by atoms with E-state index in [4.69, 9.17) is 4.74 Å². The number of hydrogen-bond donors (Lipinski definition) is 0. The van der Waals surface area contributed by atoms with Gasteiger partial charge in [-0.15, -0.1) is 0 Å². The Hall–Kier alpha value is -2.17. The summed E-state index contributed by atoms with van der Waals surface area (Å²) < 4.78 is 5.20. The molecule has 0 aliphatic rings. The number of rotatable bonds is 5. The second-order valence-corrected chi connectivity index (χ2v) is 3.90. The predicted molar refractivity (Wildman–Crippen MR) is 67.0 cm³/mol. The van der Waals surface area contributed by atoms with Crippen LogP contribution >= 0.6 is 0 Å². The Labute approximate surface area is 105 Å². The van der Waals surface area contributed by atoms with E-state index in [9.17, 15) is 14.9 Å². The highest BCUT2D eigenvalue weighted by atomic mass is 16.6. The molecule has 0 amide bonds. The topological polar surface area (TPSA) is 69.4 Å². The highest BCUT2D eigenvalue weighted by molar-refractivity contribution is 5.87. The minimum Gasteiger partial charge on any atom is -0.454 e. The van der Waals surface area contributed by atoms with E-state index in [1.807, 2.05) is 0 Å². The second kappa shape index (κ2) is 5.95. The van der Waals surface area contributed by atoms with Crippen molar-refractivity contribution in [2.24, 2.45) is 0 Å². The fourth-order valence-electron chi connectivity index (χ4n) is 1.52. The van der Waals surface area contributed by atoms with Crippen molar-refractivity contribution in [3.05, 3.63) is 52.1 Å². The number of nitro groups is 1. The molecule has 1 aromatic rings. The Balaban J connectivity index is 3.05. The SMILES string of the molecule is C=C(C)C(=O)OC(CC)c1ccccc1[N+](=O)[O-]. The Kier molecular flexibility index (Phi) is 4.59. The van der Waals surface area contributed by atoms with Crippen molar-refractivity contribution in [1.82, 2.24) is 0 Å². The quantitative estimate of drug-likeness (QED) is 0.348. The van der Waals surface area contributed by atoms with E-state index in [2.05, 4.69) is 6.58 Å². The monoisotopic (exact) mass is 249 g/mol. The molecule has 0 bridgehead atoms. The van der Waals surface area contributed by atoms with Gasteiger partial charge in [0.1, 0.15) is 6.10 Å². The van der Waals surface area contributed by atoms with Crippen molar-refractivity contribution in [3.63, 3.8) is 0 Å². The summed E-state index contributed by atoms with van der Waals surface area (Å²) in [5, 5.41) is 10.9. The van der Waals surface area contributed by atoms with Gasteiger partial charge in [-0.3, -0.25) is 10.1 Å². The first-order chi connectivity index (χ1) is 8.47. The molecule has 5 nitrogen and oxygen atoms in total. The molecule has 96 valence electrons. The van der Waals surface area contributed by atoms with Gasteiger partial charge in [-0.1, -0.05) is 25.6 Å². The van der Waals surface area contributed by atoms with E-state index in [0.29, 0.717) is 12.0 Å². The van der Waals surface area contributed by atoms with Crippen LogP contribution in [-0.4, -0.2) is 10.9 Å². The van der Waals surface area contributed by atoms with Gasteiger partial charge in [-0.2, -0.15) is 0 Å². The molecule has 0 N–H and O–H groups in total. The standard InChI is InChI=1S/C13H15NO4/c1-4-12(18-13(15)9(2)3)10-7-5-6-8-11(10)14(16)17/h5-8,12H,2,4H2,1,3H3. The maximum Gasteiger partial charge on any atom is 0.333 e. The fraction of sp³-hybridized carbons (Fsp3) is 0.308. The van der Waals surface area contributed by atoms with Gasteiger partial charge in [0, 0.05) is 11.6 Å². The zero-order chi connectivity index (χ0) is 13.7. The van der Waals surface area contributed by atoms with Gasteiger partial charge < -0.3 is 4.74 Å². The minimum absolute atomic E-state index is 0.0427. The molecule has 0 saturated carbocycles. The maximum atomic E-state index is 11.5. The lowest BCUT2D eigenvalue weighted by Gasteiger charge is -2.16. The Morgan fingerprint density at radius 2 is 2.11 bits per heavy atom. The molecule has 1 atom stereocenters. The van der Waals surface area contributed by atoms with E-state index in [1.165, 1.54) is 13.0 Å². The number of esters is 1. The summed E-state index contributed by atoms with van der Waals surface area (Å²) in [5.41, 5.74) is 0.630. The van der Waals surface area contributed by atoms with Gasteiger partial charge in [-0.25, -0.2) is 4.79 Å². The predicted octanol–water partition coefficient (Wildman–Crippen LogP) is 3.17. The lowest BCUT2D eigenvalue weighted by molar-refractivity contribution is -0.386. The Morgan fingerprint density at radius 3 is 2.61 bits per heavy atom. The van der Waals surface area contributed by atoms with E-state index in [0.717, 1.165) is 0 Å². The van der Waals surface area contributed by atoms with Gasteiger partial charge in [0.15, 0.2) is 0 Å². The highest BCUT2D eigenvalue weighted by Gasteiger charge is 2.23. The molecule has 0 heterocycles. The number of carbonyl (C=O) groups is 1. The number of ether oxygens (including phenoxy) is 1. The molecule has 0 saturated heterocycles. The third kappa shape index (κ3) is 3.16. The first kappa shape index (κ1) is 13.9. The molecule has 0 spiro atoms. The molecule has 0 aliphatic carbocycles. The van der Waals surface area contributed by atoms with Crippen LogP contribution < -0.4 is 0 Å². The summed E-state index contributed by atoms with van der Waals surface area (Å²) in [4.78, 5) is 21.9. The fourth-order valence-corrected chi connectivity index (χ4v) is 1.52. The second-order valence-electron chi connectivity index (χ2n) is 3.90. The number of nitrogens with zero attached hydrogens (tertiary/aromatic N) is 1. The summed E-state index contributed by atoms with van der Waals surface area (Å²) in [6, 6.07) is 6.25. The van der Waals surface area contributed by atoms with Gasteiger partial charge in [-0.05, 0) is 19.4 Å². The first-order valence-electron chi connectivity index (χ1n) is 5.57. The van der Waals surface area contributed by atoms with Crippen LogP contribution in [0.2, 0.25) is 0 Å². The Morgan fingerprint density at radius 1 is 1.50 bits per heavy atom. The molecule has 0 aliphatic heterocycles. The summed E-state index contributed by atoms with van der Waals surface area (Å²) in [7, 11) is 0. The minimum atomic E-state index is -0.629. The van der Waals surface area contributed by atoms with E-state index < -0.39 is 17.0 Å². The van der Waals surface area contributed by atoms with Crippen LogP contribution in [0, 0.1) is 10.1 Å². The molecule has 1 aromatic carbocycles. The number of carbonyl (C=O) groups excluding carboxylic acids is 1. The van der Waals surface area contributed by atoms with Crippen molar-refractivity contribution in [2.75, 3.05) is 0 Å². The molecule has 18 heavy (non-hydrogen) atoms. The Bertz CT molecular complexity index is 482. The summed E-state index contributed by atoms with van der Waals surface area (Å²) >= 11 is 0. The van der Waals surface area contributed by atoms with Crippen LogP contribution in [0.3, 0.4) is 0 Å². The normalized spacial score (nSPS) is 11.7. The molecule has 0 radical (unpaired) electrons. The summed E-state index contributed by atoms with van der Waals surface area (Å²) in [5.74, 6) is -0.542. The summed E-state index contributed by atoms with van der Waals surface area (Å²) in [6.07, 6.45) is -0.167. The lowest BCUT2D eigenvalue weighted by atomic mass is 10.1. The maximum absolute atomic E-state index is 11.5.